The molecule has 0 aliphatic heterocycles. The van der Waals surface area contributed by atoms with Gasteiger partial charge in [-0.1, -0.05) is 66.7 Å². The minimum atomic E-state index is -0.0617. The highest BCUT2D eigenvalue weighted by Gasteiger charge is 2.12. The van der Waals surface area contributed by atoms with Crippen LogP contribution in [0.2, 0.25) is 0 Å². The molecule has 0 atom stereocenters. The van der Waals surface area contributed by atoms with Gasteiger partial charge in [0.1, 0.15) is 5.52 Å². The van der Waals surface area contributed by atoms with Crippen LogP contribution < -0.4 is 5.32 Å². The van der Waals surface area contributed by atoms with E-state index < -0.39 is 0 Å². The van der Waals surface area contributed by atoms with Gasteiger partial charge >= 0.3 is 0 Å². The lowest BCUT2D eigenvalue weighted by Gasteiger charge is -2.04. The predicted molar refractivity (Wildman–Crippen MR) is 116 cm³/mol. The number of carbonyl (C=O) groups excluding carboxylic acids is 1. The molecular formula is C25H18N2O2. The Balaban J connectivity index is 1.44. The molecule has 0 radical (unpaired) electrons. The zero-order valence-corrected chi connectivity index (χ0v) is 15.6. The summed E-state index contributed by atoms with van der Waals surface area (Å²) >= 11 is 0. The van der Waals surface area contributed by atoms with Gasteiger partial charge in [-0.25, -0.2) is 4.98 Å². The number of hydrogen-bond donors (Lipinski definition) is 1. The van der Waals surface area contributed by atoms with Gasteiger partial charge in [0, 0.05) is 11.3 Å². The van der Waals surface area contributed by atoms with Crippen LogP contribution in [0.15, 0.2) is 95.4 Å². The van der Waals surface area contributed by atoms with Crippen LogP contribution in [0.1, 0.15) is 5.56 Å². The molecule has 0 fully saturated rings. The first-order valence-corrected chi connectivity index (χ1v) is 9.49. The number of rotatable bonds is 4. The topological polar surface area (TPSA) is 55.1 Å². The Bertz CT molecular complexity index is 1320. The molecule has 0 unspecified atom stereocenters. The highest BCUT2D eigenvalue weighted by atomic mass is 16.3. The van der Waals surface area contributed by atoms with Gasteiger partial charge in [-0.05, 0) is 40.6 Å². The van der Waals surface area contributed by atoms with Gasteiger partial charge in [0.15, 0.2) is 5.58 Å². The first-order valence-electron chi connectivity index (χ1n) is 9.49. The second-order valence-corrected chi connectivity index (χ2v) is 6.94. The SMILES string of the molecule is O=C(Cc1ccccc1)Nc1ccc2oc(-c3cccc4ccccc34)nc2c1. The number of aromatic nitrogens is 1. The third-order valence-electron chi connectivity index (χ3n) is 4.90. The molecule has 1 N–H and O–H groups in total. The van der Waals surface area contributed by atoms with Crippen molar-refractivity contribution in [2.75, 3.05) is 5.32 Å². The van der Waals surface area contributed by atoms with Gasteiger partial charge in [0.25, 0.3) is 0 Å². The molecular weight excluding hydrogens is 360 g/mol. The van der Waals surface area contributed by atoms with Crippen LogP contribution in [0.3, 0.4) is 0 Å². The van der Waals surface area contributed by atoms with Gasteiger partial charge in [0.05, 0.1) is 6.42 Å². The Morgan fingerprint density at radius 1 is 0.862 bits per heavy atom. The Morgan fingerprint density at radius 2 is 1.66 bits per heavy atom. The first kappa shape index (κ1) is 17.2. The number of hydrogen-bond acceptors (Lipinski definition) is 3. The number of amides is 1. The highest BCUT2D eigenvalue weighted by Crippen LogP contribution is 2.31. The Hall–Kier alpha value is -3.92. The van der Waals surface area contributed by atoms with Crippen LogP contribution >= 0.6 is 0 Å². The van der Waals surface area contributed by atoms with E-state index in [-0.39, 0.29) is 5.91 Å². The van der Waals surface area contributed by atoms with Crippen LogP contribution in [0.25, 0.3) is 33.3 Å². The maximum Gasteiger partial charge on any atom is 0.228 e. The number of oxazole rings is 1. The van der Waals surface area contributed by atoms with E-state index in [2.05, 4.69) is 28.5 Å². The van der Waals surface area contributed by atoms with E-state index in [0.717, 1.165) is 21.9 Å². The molecule has 0 spiro atoms. The summed E-state index contributed by atoms with van der Waals surface area (Å²) in [5, 5.41) is 5.18. The van der Waals surface area contributed by atoms with Crippen LogP contribution in [0, 0.1) is 0 Å². The van der Waals surface area contributed by atoms with Crippen molar-refractivity contribution in [2.45, 2.75) is 6.42 Å². The summed E-state index contributed by atoms with van der Waals surface area (Å²) in [6.07, 6.45) is 0.332. The van der Waals surface area contributed by atoms with Gasteiger partial charge in [-0.15, -0.1) is 0 Å². The minimum Gasteiger partial charge on any atom is -0.436 e. The van der Waals surface area contributed by atoms with Crippen molar-refractivity contribution in [1.82, 2.24) is 4.98 Å². The van der Waals surface area contributed by atoms with Gasteiger partial charge in [0.2, 0.25) is 11.8 Å². The zero-order chi connectivity index (χ0) is 19.6. The van der Waals surface area contributed by atoms with Crippen LogP contribution in [0.4, 0.5) is 5.69 Å². The van der Waals surface area contributed by atoms with Crippen molar-refractivity contribution in [3.05, 3.63) is 96.6 Å². The average Bonchev–Trinajstić information content (AvgIpc) is 3.17. The van der Waals surface area contributed by atoms with Gasteiger partial charge in [-0.3, -0.25) is 4.79 Å². The van der Waals surface area contributed by atoms with Crippen molar-refractivity contribution in [3.8, 4) is 11.5 Å². The van der Waals surface area contributed by atoms with E-state index in [1.165, 1.54) is 0 Å². The number of benzene rings is 4. The number of fused-ring (bicyclic) bond motifs is 2. The van der Waals surface area contributed by atoms with E-state index in [4.69, 9.17) is 4.42 Å². The van der Waals surface area contributed by atoms with Crippen LogP contribution in [-0.2, 0) is 11.2 Å². The fourth-order valence-electron chi connectivity index (χ4n) is 3.52. The van der Waals surface area contributed by atoms with Crippen LogP contribution in [0.5, 0.6) is 0 Å². The Labute approximate surface area is 167 Å². The number of carbonyl (C=O) groups is 1. The normalized spacial score (nSPS) is 11.0. The van der Waals surface area contributed by atoms with Gasteiger partial charge in [-0.2, -0.15) is 0 Å². The number of nitrogens with zero attached hydrogens (tertiary/aromatic N) is 1. The molecule has 0 saturated heterocycles. The summed E-state index contributed by atoms with van der Waals surface area (Å²) in [6, 6.07) is 29.4. The molecule has 140 valence electrons. The van der Waals surface area contributed by atoms with Crippen LogP contribution in [-0.4, -0.2) is 10.9 Å². The second kappa shape index (κ2) is 7.24. The zero-order valence-electron chi connectivity index (χ0n) is 15.6. The summed E-state index contributed by atoms with van der Waals surface area (Å²) in [7, 11) is 0. The molecule has 0 saturated carbocycles. The van der Waals surface area contributed by atoms with Crippen molar-refractivity contribution in [2.24, 2.45) is 0 Å². The molecule has 4 nitrogen and oxygen atoms in total. The second-order valence-electron chi connectivity index (χ2n) is 6.94. The molecule has 1 amide bonds. The minimum absolute atomic E-state index is 0.0617. The molecule has 0 aliphatic carbocycles. The molecule has 29 heavy (non-hydrogen) atoms. The van der Waals surface area contributed by atoms with Crippen molar-refractivity contribution in [1.29, 1.82) is 0 Å². The van der Waals surface area contributed by atoms with Crippen molar-refractivity contribution in [3.63, 3.8) is 0 Å². The maximum atomic E-state index is 12.3. The molecule has 5 rings (SSSR count). The highest BCUT2D eigenvalue weighted by molar-refractivity contribution is 5.97. The monoisotopic (exact) mass is 378 g/mol. The molecule has 1 aromatic heterocycles. The summed E-state index contributed by atoms with van der Waals surface area (Å²) in [4.78, 5) is 17.0. The summed E-state index contributed by atoms with van der Waals surface area (Å²) in [5.41, 5.74) is 4.04. The van der Waals surface area contributed by atoms with Crippen molar-refractivity contribution < 1.29 is 9.21 Å². The Kier molecular flexibility index (Phi) is 4.30. The third kappa shape index (κ3) is 3.48. The quantitative estimate of drug-likeness (QED) is 0.428. The van der Waals surface area contributed by atoms with E-state index in [1.54, 1.807) is 0 Å². The van der Waals surface area contributed by atoms with E-state index in [0.29, 0.717) is 29.1 Å². The summed E-state index contributed by atoms with van der Waals surface area (Å²) < 4.78 is 5.99. The van der Waals surface area contributed by atoms with Gasteiger partial charge < -0.3 is 9.73 Å². The largest absolute Gasteiger partial charge is 0.436 e. The number of nitrogens with one attached hydrogen (secondary N) is 1. The fourth-order valence-corrected chi connectivity index (χ4v) is 3.52. The Morgan fingerprint density at radius 3 is 2.55 bits per heavy atom. The standard InChI is InChI=1S/C25H18N2O2/c28-24(15-17-7-2-1-3-8-17)26-19-13-14-23-22(16-19)27-25(29-23)21-12-6-10-18-9-4-5-11-20(18)21/h1-14,16H,15H2,(H,26,28). The first-order chi connectivity index (χ1) is 14.3. The molecule has 4 aromatic carbocycles. The van der Waals surface area contributed by atoms with E-state index in [9.17, 15) is 4.79 Å². The average molecular weight is 378 g/mol. The molecule has 4 heteroatoms. The lowest BCUT2D eigenvalue weighted by atomic mass is 10.0. The molecule has 1 heterocycles. The smallest absolute Gasteiger partial charge is 0.228 e. The number of anilines is 1. The fraction of sp³-hybridized carbons (Fsp3) is 0.0400. The van der Waals surface area contributed by atoms with E-state index >= 15 is 0 Å². The lowest BCUT2D eigenvalue weighted by molar-refractivity contribution is -0.115. The summed E-state index contributed by atoms with van der Waals surface area (Å²) in [6.45, 7) is 0. The molecule has 5 aromatic rings. The molecule has 0 bridgehead atoms. The van der Waals surface area contributed by atoms with E-state index in [1.807, 2.05) is 72.8 Å². The van der Waals surface area contributed by atoms with Crippen molar-refractivity contribution >= 4 is 33.5 Å². The summed E-state index contributed by atoms with van der Waals surface area (Å²) in [5.74, 6) is 0.512. The third-order valence-corrected chi connectivity index (χ3v) is 4.90. The predicted octanol–water partition coefficient (Wildman–Crippen LogP) is 5.83. The lowest BCUT2D eigenvalue weighted by Crippen LogP contribution is -2.14. The maximum absolute atomic E-state index is 12.3. The molecule has 0 aliphatic rings.